The molecule has 0 aliphatic heterocycles. The van der Waals surface area contributed by atoms with Gasteiger partial charge >= 0.3 is 6.18 Å². The third-order valence-electron chi connectivity index (χ3n) is 4.46. The van der Waals surface area contributed by atoms with Gasteiger partial charge in [0.15, 0.2) is 5.43 Å². The molecule has 0 radical (unpaired) electrons. The summed E-state index contributed by atoms with van der Waals surface area (Å²) in [5.41, 5.74) is 0.0173. The van der Waals surface area contributed by atoms with Gasteiger partial charge in [-0.2, -0.15) is 13.2 Å². The van der Waals surface area contributed by atoms with E-state index in [1.165, 1.54) is 26.4 Å². The highest BCUT2D eigenvalue weighted by atomic mass is 19.4. The third-order valence-corrected chi connectivity index (χ3v) is 4.46. The van der Waals surface area contributed by atoms with Gasteiger partial charge in [0.2, 0.25) is 0 Å². The lowest BCUT2D eigenvalue weighted by Gasteiger charge is -2.13. The average molecular weight is 392 g/mol. The van der Waals surface area contributed by atoms with E-state index in [1.807, 2.05) is 6.92 Å². The van der Waals surface area contributed by atoms with E-state index in [0.29, 0.717) is 35.5 Å². The lowest BCUT2D eigenvalue weighted by atomic mass is 10.00. The molecule has 0 fully saturated rings. The summed E-state index contributed by atoms with van der Waals surface area (Å²) in [4.78, 5) is 13.2. The topological polar surface area (TPSA) is 48.7 Å². The number of methoxy groups -OCH3 is 2. The van der Waals surface area contributed by atoms with Crippen molar-refractivity contribution < 1.29 is 27.1 Å². The van der Waals surface area contributed by atoms with Crippen molar-refractivity contribution in [2.24, 2.45) is 0 Å². The molecule has 0 atom stereocenters. The Morgan fingerprint density at radius 3 is 2.25 bits per heavy atom. The van der Waals surface area contributed by atoms with Crippen molar-refractivity contribution in [2.45, 2.75) is 25.9 Å². The fourth-order valence-corrected chi connectivity index (χ4v) is 3.10. The second-order valence-electron chi connectivity index (χ2n) is 6.27. The van der Waals surface area contributed by atoms with Gasteiger partial charge in [-0.1, -0.05) is 25.5 Å². The summed E-state index contributed by atoms with van der Waals surface area (Å²) < 4.78 is 55.1. The Morgan fingerprint density at radius 2 is 1.71 bits per heavy atom. The van der Waals surface area contributed by atoms with E-state index >= 15 is 0 Å². The van der Waals surface area contributed by atoms with Crippen LogP contribution in [0.3, 0.4) is 0 Å². The van der Waals surface area contributed by atoms with Crippen molar-refractivity contribution >= 4 is 11.0 Å². The maximum absolute atomic E-state index is 13.2. The Morgan fingerprint density at radius 1 is 1.04 bits per heavy atom. The molecular weight excluding hydrogens is 373 g/mol. The monoisotopic (exact) mass is 392 g/mol. The summed E-state index contributed by atoms with van der Waals surface area (Å²) in [7, 11) is 2.91. The van der Waals surface area contributed by atoms with Crippen LogP contribution in [-0.2, 0) is 12.6 Å². The quantitative estimate of drug-likeness (QED) is 0.579. The molecule has 28 heavy (non-hydrogen) atoms. The Kier molecular flexibility index (Phi) is 5.36. The van der Waals surface area contributed by atoms with E-state index in [9.17, 15) is 18.0 Å². The number of hydrogen-bond donors (Lipinski definition) is 0. The molecule has 0 saturated heterocycles. The van der Waals surface area contributed by atoms with Gasteiger partial charge in [0, 0.05) is 23.3 Å². The summed E-state index contributed by atoms with van der Waals surface area (Å²) in [6.07, 6.45) is -3.35. The zero-order valence-electron chi connectivity index (χ0n) is 15.6. The zero-order valence-corrected chi connectivity index (χ0v) is 15.6. The first-order valence-corrected chi connectivity index (χ1v) is 8.69. The lowest BCUT2D eigenvalue weighted by molar-refractivity contribution is -0.137. The lowest BCUT2D eigenvalue weighted by Crippen LogP contribution is -2.12. The summed E-state index contributed by atoms with van der Waals surface area (Å²) in [5, 5.41) is 0.280. The first kappa shape index (κ1) is 19.8. The molecule has 0 spiro atoms. The molecule has 3 aromatic rings. The third kappa shape index (κ3) is 3.56. The number of rotatable bonds is 5. The number of hydrogen-bond acceptors (Lipinski definition) is 4. The molecule has 7 heteroatoms. The van der Waals surface area contributed by atoms with Gasteiger partial charge in [-0.3, -0.25) is 4.79 Å². The molecule has 0 aliphatic rings. The molecule has 0 saturated carbocycles. The zero-order chi connectivity index (χ0) is 20.5. The minimum absolute atomic E-state index is 0.246. The second-order valence-corrected chi connectivity index (χ2v) is 6.27. The van der Waals surface area contributed by atoms with Crippen molar-refractivity contribution in [3.8, 4) is 22.8 Å². The fraction of sp³-hybridized carbons (Fsp3) is 0.286. The summed E-state index contributed by atoms with van der Waals surface area (Å²) in [5.74, 6) is 1.01. The van der Waals surface area contributed by atoms with Crippen LogP contribution in [0.4, 0.5) is 13.2 Å². The predicted octanol–water partition coefficient (Wildman–Crippen LogP) is 5.45. The van der Waals surface area contributed by atoms with Gasteiger partial charge in [-0.15, -0.1) is 0 Å². The number of ether oxygens (including phenoxy) is 2. The van der Waals surface area contributed by atoms with Crippen LogP contribution in [0.5, 0.6) is 11.5 Å². The Bertz CT molecular complexity index is 1050. The molecule has 4 nitrogen and oxygen atoms in total. The van der Waals surface area contributed by atoms with Crippen LogP contribution < -0.4 is 14.9 Å². The summed E-state index contributed by atoms with van der Waals surface area (Å²) in [6, 6.07) is 7.71. The molecule has 3 rings (SSSR count). The maximum atomic E-state index is 13.2. The first-order valence-electron chi connectivity index (χ1n) is 8.69. The molecule has 2 aromatic carbocycles. The van der Waals surface area contributed by atoms with Crippen molar-refractivity contribution in [3.05, 3.63) is 57.7 Å². The van der Waals surface area contributed by atoms with E-state index in [-0.39, 0.29) is 22.2 Å². The Hall–Kier alpha value is -2.96. The second kappa shape index (κ2) is 7.58. The molecular formula is C21H19F3O4. The number of fused-ring (bicyclic) bond motifs is 1. The van der Waals surface area contributed by atoms with Gasteiger partial charge in [0.1, 0.15) is 28.2 Å². The predicted molar refractivity (Wildman–Crippen MR) is 100 cm³/mol. The standard InChI is InChI=1S/C21H19F3O4/c1-4-5-15-19(25)18-16(27-3)10-14(26-2)11-17(18)28-20(15)12-6-8-13(9-7-12)21(22,23)24/h6-11H,4-5H2,1-3H3. The van der Waals surface area contributed by atoms with Crippen molar-refractivity contribution in [3.63, 3.8) is 0 Å². The van der Waals surface area contributed by atoms with Gasteiger partial charge in [0.25, 0.3) is 0 Å². The van der Waals surface area contributed by atoms with Crippen LogP contribution in [-0.4, -0.2) is 14.2 Å². The van der Waals surface area contributed by atoms with Crippen molar-refractivity contribution in [1.82, 2.24) is 0 Å². The molecule has 148 valence electrons. The van der Waals surface area contributed by atoms with E-state index in [1.54, 1.807) is 12.1 Å². The van der Waals surface area contributed by atoms with Gasteiger partial charge in [-0.25, -0.2) is 0 Å². The van der Waals surface area contributed by atoms with Gasteiger partial charge < -0.3 is 13.9 Å². The number of alkyl halides is 3. The molecule has 0 bridgehead atoms. The highest BCUT2D eigenvalue weighted by Crippen LogP contribution is 2.35. The number of halogens is 3. The first-order chi connectivity index (χ1) is 13.3. The van der Waals surface area contributed by atoms with Crippen LogP contribution >= 0.6 is 0 Å². The van der Waals surface area contributed by atoms with Crippen molar-refractivity contribution in [1.29, 1.82) is 0 Å². The van der Waals surface area contributed by atoms with Crippen molar-refractivity contribution in [2.75, 3.05) is 14.2 Å². The Labute approximate surface area is 159 Å². The molecule has 0 amide bonds. The number of benzene rings is 2. The molecule has 0 aliphatic carbocycles. The normalized spacial score (nSPS) is 11.6. The van der Waals surface area contributed by atoms with E-state index < -0.39 is 11.7 Å². The van der Waals surface area contributed by atoms with Crippen LogP contribution in [0, 0.1) is 0 Å². The highest BCUT2D eigenvalue weighted by Gasteiger charge is 2.30. The molecule has 0 unspecified atom stereocenters. The smallest absolute Gasteiger partial charge is 0.416 e. The minimum atomic E-state index is -4.43. The highest BCUT2D eigenvalue weighted by molar-refractivity contribution is 5.87. The molecule has 1 heterocycles. The van der Waals surface area contributed by atoms with E-state index in [2.05, 4.69) is 0 Å². The fourth-order valence-electron chi connectivity index (χ4n) is 3.10. The SMILES string of the molecule is CCCc1c(-c2ccc(C(F)(F)F)cc2)oc2cc(OC)cc(OC)c2c1=O. The maximum Gasteiger partial charge on any atom is 0.416 e. The van der Waals surface area contributed by atoms with Gasteiger partial charge in [-0.05, 0) is 18.6 Å². The van der Waals surface area contributed by atoms with Crippen LogP contribution in [0.1, 0.15) is 24.5 Å². The molecule has 0 N–H and O–H groups in total. The summed E-state index contributed by atoms with van der Waals surface area (Å²) in [6.45, 7) is 1.91. The van der Waals surface area contributed by atoms with Crippen LogP contribution in [0.25, 0.3) is 22.3 Å². The summed E-state index contributed by atoms with van der Waals surface area (Å²) >= 11 is 0. The van der Waals surface area contributed by atoms with E-state index in [0.717, 1.165) is 12.1 Å². The Balaban J connectivity index is 2.29. The van der Waals surface area contributed by atoms with Gasteiger partial charge in [0.05, 0.1) is 19.8 Å². The van der Waals surface area contributed by atoms with Crippen LogP contribution in [0.15, 0.2) is 45.6 Å². The van der Waals surface area contributed by atoms with E-state index in [4.69, 9.17) is 13.9 Å². The molecule has 1 aromatic heterocycles. The minimum Gasteiger partial charge on any atom is -0.496 e. The largest absolute Gasteiger partial charge is 0.496 e. The van der Waals surface area contributed by atoms with Crippen LogP contribution in [0.2, 0.25) is 0 Å². The average Bonchev–Trinajstić information content (AvgIpc) is 2.68.